The Hall–Kier alpha value is -0.360. The highest BCUT2D eigenvalue weighted by Crippen LogP contribution is 2.34. The van der Waals surface area contributed by atoms with E-state index in [1.165, 1.54) is 7.11 Å². The van der Waals surface area contributed by atoms with Crippen molar-refractivity contribution in [1.29, 1.82) is 0 Å². The molecule has 7 N–H and O–H groups in total. The number of rotatable bonds is 5. The summed E-state index contributed by atoms with van der Waals surface area (Å²) in [5.41, 5.74) is 0. The molecule has 2 aliphatic rings. The quantitative estimate of drug-likeness (QED) is 0.268. The van der Waals surface area contributed by atoms with Crippen molar-refractivity contribution in [3.8, 4) is 0 Å². The van der Waals surface area contributed by atoms with Crippen LogP contribution in [0.3, 0.4) is 0 Å². The minimum absolute atomic E-state index is 0.105. The first-order valence-corrected chi connectivity index (χ1v) is 6.85. The molecule has 2 rings (SSSR count). The minimum atomic E-state index is -1.32. The zero-order valence-electron chi connectivity index (χ0n) is 11.6. The molecule has 0 bridgehead atoms. The second-order valence-electron chi connectivity index (χ2n) is 5.51. The van der Waals surface area contributed by atoms with Crippen molar-refractivity contribution in [3.05, 3.63) is 0 Å². The van der Waals surface area contributed by atoms with Crippen molar-refractivity contribution in [2.75, 3.05) is 20.3 Å². The molecule has 0 amide bonds. The van der Waals surface area contributed by atoms with Gasteiger partial charge in [-0.25, -0.2) is 0 Å². The molecule has 0 aromatic rings. The van der Waals surface area contributed by atoms with Crippen LogP contribution in [0.1, 0.15) is 0 Å². The summed E-state index contributed by atoms with van der Waals surface area (Å²) in [5, 5.41) is 61.5. The molecule has 2 heterocycles. The predicted octanol–water partition coefficient (Wildman–Crippen LogP) is -4.26. The molecule has 0 aromatic heterocycles. The zero-order valence-corrected chi connectivity index (χ0v) is 11.6. The van der Waals surface area contributed by atoms with Gasteiger partial charge >= 0.3 is 0 Å². The van der Waals surface area contributed by atoms with Gasteiger partial charge in [-0.15, -0.1) is 0 Å². The average Bonchev–Trinajstić information content (AvgIpc) is 2.98. The van der Waals surface area contributed by atoms with Crippen LogP contribution in [-0.4, -0.2) is 99.9 Å². The highest BCUT2D eigenvalue weighted by Gasteiger charge is 2.53. The molecular formula is C12H23NO8. The van der Waals surface area contributed by atoms with Gasteiger partial charge in [-0.05, 0) is 0 Å². The van der Waals surface area contributed by atoms with Gasteiger partial charge in [0, 0.05) is 19.6 Å². The fraction of sp³-hybridized carbons (Fsp3) is 1.00. The number of β-amino-alcohol motifs (C(OH)–C–C–N with tert-alkyl or cyclic N) is 1. The van der Waals surface area contributed by atoms with Crippen molar-refractivity contribution in [2.24, 2.45) is 5.92 Å². The molecule has 9 heteroatoms. The summed E-state index contributed by atoms with van der Waals surface area (Å²) in [5.74, 6) is -0.991. The highest BCUT2D eigenvalue weighted by molar-refractivity contribution is 5.03. The number of methoxy groups -OCH3 is 1. The van der Waals surface area contributed by atoms with Gasteiger partial charge in [0.05, 0.1) is 37.1 Å². The lowest BCUT2D eigenvalue weighted by molar-refractivity contribution is -0.166. The third-order valence-electron chi connectivity index (χ3n) is 4.23. The third-order valence-corrected chi connectivity index (χ3v) is 4.23. The Labute approximate surface area is 121 Å². The monoisotopic (exact) mass is 309 g/mol. The Morgan fingerprint density at radius 2 is 1.90 bits per heavy atom. The Kier molecular flexibility index (Phi) is 5.52. The number of aliphatic hydroxyl groups excluding tert-OH is 6. The van der Waals surface area contributed by atoms with Crippen LogP contribution in [0.2, 0.25) is 0 Å². The fourth-order valence-electron chi connectivity index (χ4n) is 3.04. The van der Waals surface area contributed by atoms with Gasteiger partial charge in [0.15, 0.2) is 6.29 Å². The first-order chi connectivity index (χ1) is 9.92. The SMILES string of the molecule is CO[C@@H]1O[C@@H]([C@H](O)CO)[C@H]([C@H](O)[C@@H]2NC[C@H](O)[C@@H]2O)[C@H]1O. The molecule has 2 aliphatic heterocycles. The van der Waals surface area contributed by atoms with Gasteiger partial charge < -0.3 is 45.4 Å². The summed E-state index contributed by atoms with van der Waals surface area (Å²) in [6, 6.07) is -0.882. The Bertz CT molecular complexity index is 345. The molecule has 9 nitrogen and oxygen atoms in total. The Balaban J connectivity index is 2.17. The Morgan fingerprint density at radius 1 is 1.24 bits per heavy atom. The predicted molar refractivity (Wildman–Crippen MR) is 68.1 cm³/mol. The lowest BCUT2D eigenvalue weighted by atomic mass is 9.84. The molecule has 0 unspecified atom stereocenters. The van der Waals surface area contributed by atoms with Crippen LogP contribution in [-0.2, 0) is 9.47 Å². The number of hydrogen-bond donors (Lipinski definition) is 7. The molecule has 21 heavy (non-hydrogen) atoms. The second-order valence-corrected chi connectivity index (χ2v) is 5.51. The summed E-state index contributed by atoms with van der Waals surface area (Å²) in [6.45, 7) is -0.506. The van der Waals surface area contributed by atoms with Crippen LogP contribution in [0.25, 0.3) is 0 Å². The topological polar surface area (TPSA) is 152 Å². The maximum Gasteiger partial charge on any atom is 0.184 e. The number of hydrogen-bond acceptors (Lipinski definition) is 9. The van der Waals surface area contributed by atoms with Crippen molar-refractivity contribution >= 4 is 0 Å². The van der Waals surface area contributed by atoms with Crippen LogP contribution in [0, 0.1) is 5.92 Å². The summed E-state index contributed by atoms with van der Waals surface area (Å²) in [6.07, 6.45) is -8.22. The molecule has 0 radical (unpaired) electrons. The maximum absolute atomic E-state index is 10.4. The normalized spacial score (nSPS) is 46.7. The summed E-state index contributed by atoms with van der Waals surface area (Å²) in [4.78, 5) is 0. The molecule has 0 aliphatic carbocycles. The number of ether oxygens (including phenoxy) is 2. The van der Waals surface area contributed by atoms with E-state index in [2.05, 4.69) is 5.32 Å². The molecule has 124 valence electrons. The average molecular weight is 309 g/mol. The van der Waals surface area contributed by atoms with Crippen molar-refractivity contribution in [3.63, 3.8) is 0 Å². The molecule has 0 spiro atoms. The van der Waals surface area contributed by atoms with Crippen molar-refractivity contribution in [2.45, 2.75) is 49.0 Å². The van der Waals surface area contributed by atoms with Crippen LogP contribution in [0.4, 0.5) is 0 Å². The standard InChI is InChI=1S/C12H23NO8/c1-20-12-10(19)6(11(21-12)5(16)3-14)9(18)7-8(17)4(15)2-13-7/h4-19H,2-3H2,1H3/t4-,5+,6+,7+,8-,9-,10+,11-,12+/m0/s1. The van der Waals surface area contributed by atoms with Crippen molar-refractivity contribution < 1.29 is 40.1 Å². The highest BCUT2D eigenvalue weighted by atomic mass is 16.7. The van der Waals surface area contributed by atoms with E-state index < -0.39 is 61.5 Å². The molecule has 0 saturated carbocycles. The van der Waals surface area contributed by atoms with Crippen LogP contribution in [0.5, 0.6) is 0 Å². The lowest BCUT2D eigenvalue weighted by Gasteiger charge is -2.32. The van der Waals surface area contributed by atoms with Gasteiger partial charge in [-0.2, -0.15) is 0 Å². The van der Waals surface area contributed by atoms with E-state index in [1.807, 2.05) is 0 Å². The molecule has 9 atom stereocenters. The largest absolute Gasteiger partial charge is 0.394 e. The smallest absolute Gasteiger partial charge is 0.184 e. The number of nitrogens with one attached hydrogen (secondary N) is 1. The van der Waals surface area contributed by atoms with Crippen LogP contribution < -0.4 is 5.32 Å². The zero-order chi connectivity index (χ0) is 15.7. The second kappa shape index (κ2) is 6.82. The van der Waals surface area contributed by atoms with E-state index in [4.69, 9.17) is 14.6 Å². The molecule has 2 saturated heterocycles. The van der Waals surface area contributed by atoms with E-state index in [0.717, 1.165) is 0 Å². The molecule has 0 aromatic carbocycles. The van der Waals surface area contributed by atoms with Gasteiger partial charge in [-0.1, -0.05) is 0 Å². The van der Waals surface area contributed by atoms with Crippen LogP contribution >= 0.6 is 0 Å². The van der Waals surface area contributed by atoms with E-state index in [9.17, 15) is 25.5 Å². The maximum atomic E-state index is 10.4. The van der Waals surface area contributed by atoms with Crippen molar-refractivity contribution in [1.82, 2.24) is 5.32 Å². The molecule has 2 fully saturated rings. The van der Waals surface area contributed by atoms with Gasteiger partial charge in [-0.3, -0.25) is 0 Å². The summed E-state index contributed by atoms with van der Waals surface area (Å²) in [7, 11) is 1.30. The molecular weight excluding hydrogens is 286 g/mol. The van der Waals surface area contributed by atoms with E-state index >= 15 is 0 Å². The third kappa shape index (κ3) is 3.07. The summed E-state index contributed by atoms with van der Waals surface area (Å²) < 4.78 is 10.2. The first kappa shape index (κ1) is 17.0. The van der Waals surface area contributed by atoms with Crippen LogP contribution in [0.15, 0.2) is 0 Å². The minimum Gasteiger partial charge on any atom is -0.394 e. The first-order valence-electron chi connectivity index (χ1n) is 6.85. The Morgan fingerprint density at radius 3 is 2.38 bits per heavy atom. The van der Waals surface area contributed by atoms with E-state index in [1.54, 1.807) is 0 Å². The van der Waals surface area contributed by atoms with E-state index in [0.29, 0.717) is 0 Å². The lowest BCUT2D eigenvalue weighted by Crippen LogP contribution is -2.53. The van der Waals surface area contributed by atoms with Gasteiger partial charge in [0.25, 0.3) is 0 Å². The van der Waals surface area contributed by atoms with Gasteiger partial charge in [0.2, 0.25) is 0 Å². The van der Waals surface area contributed by atoms with Gasteiger partial charge in [0.1, 0.15) is 12.2 Å². The summed E-state index contributed by atoms with van der Waals surface area (Å²) >= 11 is 0. The fourth-order valence-corrected chi connectivity index (χ4v) is 3.04. The van der Waals surface area contributed by atoms with E-state index in [-0.39, 0.29) is 6.54 Å². The number of aliphatic hydroxyl groups is 6.